The van der Waals surface area contributed by atoms with Crippen LogP contribution in [0.25, 0.3) is 11.1 Å². The molecular formula is C20H18NO+. The van der Waals surface area contributed by atoms with E-state index in [4.69, 9.17) is 4.74 Å². The number of hydrogen-bond acceptors (Lipinski definition) is 1. The zero-order chi connectivity index (χ0) is 14.9. The van der Waals surface area contributed by atoms with E-state index in [1.54, 1.807) is 7.11 Å². The second kappa shape index (κ2) is 5.30. The molecule has 108 valence electrons. The Balaban J connectivity index is 1.84. The average Bonchev–Trinajstić information content (AvgIpc) is 2.59. The molecule has 4 rings (SSSR count). The fourth-order valence-corrected chi connectivity index (χ4v) is 3.23. The first-order valence-electron chi connectivity index (χ1n) is 7.58. The van der Waals surface area contributed by atoms with Crippen molar-refractivity contribution >= 4 is 0 Å². The van der Waals surface area contributed by atoms with Crippen LogP contribution in [0.2, 0.25) is 0 Å². The van der Waals surface area contributed by atoms with Crippen molar-refractivity contribution in [1.29, 1.82) is 0 Å². The fourth-order valence-electron chi connectivity index (χ4n) is 3.23. The molecule has 22 heavy (non-hydrogen) atoms. The lowest BCUT2D eigenvalue weighted by Gasteiger charge is -2.17. The number of nitrogens with zero attached hydrogens (tertiary/aromatic N) is 1. The Morgan fingerprint density at radius 3 is 2.64 bits per heavy atom. The van der Waals surface area contributed by atoms with E-state index in [1.165, 1.54) is 27.9 Å². The first-order chi connectivity index (χ1) is 10.8. The molecule has 1 aromatic heterocycles. The lowest BCUT2D eigenvalue weighted by molar-refractivity contribution is -0.697. The number of hydrogen-bond donors (Lipinski definition) is 0. The van der Waals surface area contributed by atoms with Gasteiger partial charge in [0.2, 0.25) is 0 Å². The molecule has 1 aliphatic heterocycles. The highest BCUT2D eigenvalue weighted by molar-refractivity contribution is 5.67. The molecule has 0 saturated heterocycles. The Morgan fingerprint density at radius 1 is 0.909 bits per heavy atom. The summed E-state index contributed by atoms with van der Waals surface area (Å²) in [5.74, 6) is 0.899. The maximum absolute atomic E-state index is 5.37. The van der Waals surface area contributed by atoms with Crippen molar-refractivity contribution in [3.63, 3.8) is 0 Å². The monoisotopic (exact) mass is 288 g/mol. The van der Waals surface area contributed by atoms with E-state index < -0.39 is 0 Å². The van der Waals surface area contributed by atoms with Gasteiger partial charge in [0.1, 0.15) is 5.75 Å². The van der Waals surface area contributed by atoms with Crippen LogP contribution in [0.5, 0.6) is 5.75 Å². The van der Waals surface area contributed by atoms with Gasteiger partial charge in [0.25, 0.3) is 0 Å². The molecule has 0 atom stereocenters. The standard InChI is InChI=1S/C20H18NO/c1-22-18-9-4-8-16(12-18)19-10-5-11-21-14-17-7-3-2-6-15(17)13-20(19)21/h2-12H,13-14H2,1H3/q+1. The summed E-state index contributed by atoms with van der Waals surface area (Å²) in [5.41, 5.74) is 6.72. The second-order valence-electron chi connectivity index (χ2n) is 5.67. The van der Waals surface area contributed by atoms with Crippen molar-refractivity contribution in [2.75, 3.05) is 7.11 Å². The Labute approximate surface area is 130 Å². The number of fused-ring (bicyclic) bond motifs is 2. The SMILES string of the molecule is COc1cccc(-c2ccc[n+]3c2Cc2ccccc2C3)c1. The van der Waals surface area contributed by atoms with Crippen LogP contribution < -0.4 is 9.30 Å². The molecule has 0 radical (unpaired) electrons. The molecule has 0 bridgehead atoms. The summed E-state index contributed by atoms with van der Waals surface area (Å²) in [6.45, 7) is 0.948. The summed E-state index contributed by atoms with van der Waals surface area (Å²) in [5, 5.41) is 0. The minimum Gasteiger partial charge on any atom is -0.497 e. The zero-order valence-electron chi connectivity index (χ0n) is 12.6. The molecular weight excluding hydrogens is 270 g/mol. The van der Waals surface area contributed by atoms with Crippen molar-refractivity contribution in [3.8, 4) is 16.9 Å². The van der Waals surface area contributed by atoms with Crippen LogP contribution in [0.15, 0.2) is 66.9 Å². The molecule has 2 nitrogen and oxygen atoms in total. The molecule has 0 fully saturated rings. The van der Waals surface area contributed by atoms with E-state index >= 15 is 0 Å². The van der Waals surface area contributed by atoms with Crippen LogP contribution in [0, 0.1) is 0 Å². The van der Waals surface area contributed by atoms with Gasteiger partial charge in [-0.25, -0.2) is 0 Å². The van der Waals surface area contributed by atoms with Gasteiger partial charge in [-0.1, -0.05) is 36.4 Å². The van der Waals surface area contributed by atoms with Gasteiger partial charge in [0.15, 0.2) is 18.4 Å². The van der Waals surface area contributed by atoms with E-state index in [2.05, 4.69) is 65.4 Å². The summed E-state index contributed by atoms with van der Waals surface area (Å²) >= 11 is 0. The zero-order valence-corrected chi connectivity index (χ0v) is 12.6. The molecule has 2 heterocycles. The lowest BCUT2D eigenvalue weighted by atomic mass is 9.93. The maximum Gasteiger partial charge on any atom is 0.193 e. The largest absolute Gasteiger partial charge is 0.497 e. The van der Waals surface area contributed by atoms with Gasteiger partial charge in [-0.3, -0.25) is 0 Å². The lowest BCUT2D eigenvalue weighted by Crippen LogP contribution is -2.42. The van der Waals surface area contributed by atoms with Gasteiger partial charge in [-0.2, -0.15) is 4.57 Å². The summed E-state index contributed by atoms with van der Waals surface area (Å²) in [6, 6.07) is 21.3. The van der Waals surface area contributed by atoms with Crippen LogP contribution in [0.3, 0.4) is 0 Å². The van der Waals surface area contributed by atoms with E-state index in [0.717, 1.165) is 18.7 Å². The Hall–Kier alpha value is -2.61. The summed E-state index contributed by atoms with van der Waals surface area (Å²) < 4.78 is 7.73. The predicted molar refractivity (Wildman–Crippen MR) is 87.0 cm³/mol. The molecule has 0 amide bonds. The normalized spacial score (nSPS) is 12.4. The van der Waals surface area contributed by atoms with Gasteiger partial charge >= 0.3 is 0 Å². The number of ether oxygens (including phenoxy) is 1. The highest BCUT2D eigenvalue weighted by Gasteiger charge is 2.24. The first kappa shape index (κ1) is 13.1. The van der Waals surface area contributed by atoms with Crippen LogP contribution in [-0.4, -0.2) is 7.11 Å². The Kier molecular flexibility index (Phi) is 3.15. The number of benzene rings is 2. The molecule has 1 aliphatic rings. The van der Waals surface area contributed by atoms with Crippen molar-refractivity contribution in [2.45, 2.75) is 13.0 Å². The third-order valence-electron chi connectivity index (χ3n) is 4.38. The average molecular weight is 288 g/mol. The van der Waals surface area contributed by atoms with Crippen LogP contribution in [-0.2, 0) is 13.0 Å². The quantitative estimate of drug-likeness (QED) is 0.514. The highest BCUT2D eigenvalue weighted by Crippen LogP contribution is 2.29. The smallest absolute Gasteiger partial charge is 0.193 e. The van der Waals surface area contributed by atoms with Gasteiger partial charge in [0, 0.05) is 17.2 Å². The maximum atomic E-state index is 5.37. The number of methoxy groups -OCH3 is 1. The van der Waals surface area contributed by atoms with Crippen LogP contribution >= 0.6 is 0 Å². The molecule has 2 aromatic carbocycles. The third-order valence-corrected chi connectivity index (χ3v) is 4.38. The molecule has 0 unspecified atom stereocenters. The number of pyridine rings is 1. The van der Waals surface area contributed by atoms with E-state index in [0.29, 0.717) is 0 Å². The van der Waals surface area contributed by atoms with E-state index in [1.807, 2.05) is 6.07 Å². The second-order valence-corrected chi connectivity index (χ2v) is 5.67. The first-order valence-corrected chi connectivity index (χ1v) is 7.58. The van der Waals surface area contributed by atoms with Gasteiger partial charge in [0.05, 0.1) is 13.5 Å². The fraction of sp³-hybridized carbons (Fsp3) is 0.150. The molecule has 0 N–H and O–H groups in total. The van der Waals surface area contributed by atoms with Crippen molar-refractivity contribution in [1.82, 2.24) is 0 Å². The summed E-state index contributed by atoms with van der Waals surface area (Å²) in [7, 11) is 1.71. The minimum atomic E-state index is 0.899. The van der Waals surface area contributed by atoms with Gasteiger partial charge in [-0.15, -0.1) is 0 Å². The highest BCUT2D eigenvalue weighted by atomic mass is 16.5. The van der Waals surface area contributed by atoms with Gasteiger partial charge in [-0.05, 0) is 29.3 Å². The number of aromatic nitrogens is 1. The Morgan fingerprint density at radius 2 is 1.77 bits per heavy atom. The predicted octanol–water partition coefficient (Wildman–Crippen LogP) is 3.60. The summed E-state index contributed by atoms with van der Waals surface area (Å²) in [6.07, 6.45) is 3.15. The number of rotatable bonds is 2. The molecule has 3 aromatic rings. The van der Waals surface area contributed by atoms with E-state index in [-0.39, 0.29) is 0 Å². The van der Waals surface area contributed by atoms with E-state index in [9.17, 15) is 0 Å². The van der Waals surface area contributed by atoms with Crippen molar-refractivity contribution in [2.24, 2.45) is 0 Å². The molecule has 0 saturated carbocycles. The summed E-state index contributed by atoms with van der Waals surface area (Å²) in [4.78, 5) is 0. The van der Waals surface area contributed by atoms with Crippen molar-refractivity contribution in [3.05, 3.63) is 83.7 Å². The molecule has 2 heteroatoms. The third kappa shape index (κ3) is 2.17. The topological polar surface area (TPSA) is 13.1 Å². The minimum absolute atomic E-state index is 0.899. The van der Waals surface area contributed by atoms with Crippen molar-refractivity contribution < 1.29 is 9.30 Å². The van der Waals surface area contributed by atoms with Crippen LogP contribution in [0.4, 0.5) is 0 Å². The molecule has 0 aliphatic carbocycles. The molecule has 0 spiro atoms. The van der Waals surface area contributed by atoms with Gasteiger partial charge < -0.3 is 4.74 Å². The Bertz CT molecular complexity index is 839. The van der Waals surface area contributed by atoms with Crippen LogP contribution in [0.1, 0.15) is 16.8 Å².